The van der Waals surface area contributed by atoms with Crippen LogP contribution in [0.3, 0.4) is 0 Å². The van der Waals surface area contributed by atoms with Gasteiger partial charge in [0.05, 0.1) is 11.9 Å². The first-order valence-electron chi connectivity index (χ1n) is 2.27. The number of alkyl halides is 4. The first-order valence-corrected chi connectivity index (χ1v) is 4.01. The van der Waals surface area contributed by atoms with Crippen LogP contribution >= 0.6 is 46.4 Å². The minimum absolute atomic E-state index is 0. The molecule has 0 atom stereocenters. The van der Waals surface area contributed by atoms with Crippen molar-refractivity contribution in [2.45, 2.75) is 9.67 Å². The average molecular weight is 315 g/mol. The Morgan fingerprint density at radius 1 is 0.846 bits per heavy atom. The van der Waals surface area contributed by atoms with Crippen molar-refractivity contribution >= 4 is 58.3 Å². The zero-order chi connectivity index (χ0) is 10.3. The molecule has 0 aromatic carbocycles. The Bertz CT molecular complexity index is 144. The van der Waals surface area contributed by atoms with E-state index in [9.17, 15) is 19.8 Å². The summed E-state index contributed by atoms with van der Waals surface area (Å²) >= 11 is 18.9. The van der Waals surface area contributed by atoms with Gasteiger partial charge in [-0.2, -0.15) is 0 Å². The zero-order valence-corrected chi connectivity index (χ0v) is 9.63. The smallest absolute Gasteiger partial charge is 0.547 e. The van der Waals surface area contributed by atoms with E-state index in [1.54, 1.807) is 0 Å². The Morgan fingerprint density at radius 2 is 0.923 bits per heavy atom. The van der Waals surface area contributed by atoms with Crippen LogP contribution in [-0.4, -0.2) is 21.6 Å². The molecule has 0 aliphatic heterocycles. The molecule has 0 fully saturated rings. The van der Waals surface area contributed by atoms with Crippen molar-refractivity contribution < 1.29 is 36.3 Å². The number of carbonyl (C=O) groups is 2. The molecule has 0 amide bonds. The molecule has 0 spiro atoms. The largest absolute Gasteiger partial charge is 2.00 e. The summed E-state index contributed by atoms with van der Waals surface area (Å²) in [5, 5.41) is 18.6. The number of hydrogen-bond donors (Lipinski definition) is 0. The van der Waals surface area contributed by atoms with E-state index in [0.29, 0.717) is 0 Å². The van der Waals surface area contributed by atoms with Crippen LogP contribution in [0, 0.1) is 0 Å². The van der Waals surface area contributed by atoms with Crippen molar-refractivity contribution in [1.82, 2.24) is 0 Å². The second kappa shape index (κ2) is 10.7. The van der Waals surface area contributed by atoms with Crippen LogP contribution in [0.2, 0.25) is 0 Å². The Labute approximate surface area is 104 Å². The van der Waals surface area contributed by atoms with E-state index in [1.165, 1.54) is 0 Å². The second-order valence-corrected chi connectivity index (χ2v) is 3.43. The van der Waals surface area contributed by atoms with E-state index in [-0.39, 0.29) is 16.5 Å². The maximum Gasteiger partial charge on any atom is 2.00 e. The van der Waals surface area contributed by atoms with Crippen molar-refractivity contribution in [3.63, 3.8) is 0 Å². The summed E-state index contributed by atoms with van der Waals surface area (Å²) in [7, 11) is 0. The molecule has 0 saturated carbocycles. The van der Waals surface area contributed by atoms with Crippen molar-refractivity contribution in [1.29, 1.82) is 0 Å². The van der Waals surface area contributed by atoms with Gasteiger partial charge in [-0.25, -0.2) is 0 Å². The fourth-order valence-electron chi connectivity index (χ4n) is 0. The summed E-state index contributed by atoms with van der Waals surface area (Å²) in [6.07, 6.45) is 0. The molecule has 0 heterocycles. The van der Waals surface area contributed by atoms with Gasteiger partial charge in [0.25, 0.3) is 0 Å². The summed E-state index contributed by atoms with van der Waals surface area (Å²) < 4.78 is 0. The Hall–Kier alpha value is 0.594. The molecule has 9 heteroatoms. The summed E-state index contributed by atoms with van der Waals surface area (Å²) in [6.45, 7) is 0. The van der Waals surface area contributed by atoms with Crippen LogP contribution in [0.25, 0.3) is 0 Å². The number of rotatable bonds is 2. The van der Waals surface area contributed by atoms with Gasteiger partial charge < -0.3 is 19.8 Å². The summed E-state index contributed by atoms with van der Waals surface area (Å²) in [4.78, 5) is 15.9. The molecular formula is C4H2Cl4NiO4. The van der Waals surface area contributed by atoms with Gasteiger partial charge in [0.2, 0.25) is 0 Å². The van der Waals surface area contributed by atoms with Crippen molar-refractivity contribution in [3.8, 4) is 0 Å². The van der Waals surface area contributed by atoms with Gasteiger partial charge in [-0.3, -0.25) is 0 Å². The standard InChI is InChI=1S/2C2H2Cl2O2.Ni/c2*3-1(4)2(5)6;/h2*1H,(H,5,6);/q;;+2/p-2. The van der Waals surface area contributed by atoms with Crippen LogP contribution in [0.15, 0.2) is 0 Å². The predicted octanol–water partition coefficient (Wildman–Crippen LogP) is -0.922. The van der Waals surface area contributed by atoms with Gasteiger partial charge >= 0.3 is 16.5 Å². The number of carbonyl (C=O) groups excluding carboxylic acids is 2. The molecular weight excluding hydrogens is 313 g/mol. The topological polar surface area (TPSA) is 80.3 Å². The SMILES string of the molecule is O=C([O-])C(Cl)Cl.O=C([O-])C(Cl)Cl.[Ni+2]. The van der Waals surface area contributed by atoms with E-state index in [4.69, 9.17) is 46.4 Å². The van der Waals surface area contributed by atoms with E-state index < -0.39 is 21.6 Å². The molecule has 0 aliphatic carbocycles. The monoisotopic (exact) mass is 312 g/mol. The number of halogens is 4. The molecule has 0 aliphatic rings. The van der Waals surface area contributed by atoms with E-state index in [0.717, 1.165) is 0 Å². The minimum Gasteiger partial charge on any atom is -0.547 e. The van der Waals surface area contributed by atoms with Gasteiger partial charge in [-0.1, -0.05) is 46.4 Å². The summed E-state index contributed by atoms with van der Waals surface area (Å²) in [6, 6.07) is 0. The van der Waals surface area contributed by atoms with E-state index in [2.05, 4.69) is 0 Å². The molecule has 0 bridgehead atoms. The van der Waals surface area contributed by atoms with E-state index >= 15 is 0 Å². The minimum atomic E-state index is -1.46. The maximum atomic E-state index is 9.32. The molecule has 0 rings (SSSR count). The molecule has 0 unspecified atom stereocenters. The van der Waals surface area contributed by atoms with Crippen molar-refractivity contribution in [2.24, 2.45) is 0 Å². The molecule has 0 radical (unpaired) electrons. The fraction of sp³-hybridized carbons (Fsp3) is 0.500. The molecule has 0 aromatic rings. The number of hydrogen-bond acceptors (Lipinski definition) is 4. The fourth-order valence-corrected chi connectivity index (χ4v) is 0. The second-order valence-electron chi connectivity index (χ2n) is 1.24. The molecule has 0 saturated heterocycles. The number of carboxylic acids is 2. The number of aliphatic carboxylic acids is 2. The first kappa shape index (κ1) is 19.2. The van der Waals surface area contributed by atoms with Crippen LogP contribution in [0.4, 0.5) is 0 Å². The van der Waals surface area contributed by atoms with Crippen LogP contribution in [-0.2, 0) is 26.1 Å². The van der Waals surface area contributed by atoms with Gasteiger partial charge in [0, 0.05) is 0 Å². The third-order valence-electron chi connectivity index (χ3n) is 0.356. The Balaban J connectivity index is -0.000000143. The summed E-state index contributed by atoms with van der Waals surface area (Å²) in [5.74, 6) is -2.92. The van der Waals surface area contributed by atoms with Crippen LogP contribution in [0.1, 0.15) is 0 Å². The number of carboxylic acid groups (broad SMARTS) is 2. The van der Waals surface area contributed by atoms with Gasteiger partial charge in [-0.05, 0) is 0 Å². The molecule has 0 aromatic heterocycles. The molecule has 13 heavy (non-hydrogen) atoms. The normalized spacial score (nSPS) is 8.46. The van der Waals surface area contributed by atoms with Crippen molar-refractivity contribution in [3.05, 3.63) is 0 Å². The molecule has 0 N–H and O–H groups in total. The van der Waals surface area contributed by atoms with Gasteiger partial charge in [-0.15, -0.1) is 0 Å². The van der Waals surface area contributed by atoms with Crippen LogP contribution in [0.5, 0.6) is 0 Å². The molecule has 4 nitrogen and oxygen atoms in total. The zero-order valence-electron chi connectivity index (χ0n) is 5.62. The maximum absolute atomic E-state index is 9.32. The quantitative estimate of drug-likeness (QED) is 0.487. The Kier molecular flexibility index (Phi) is 15.8. The average Bonchev–Trinajstić information content (AvgIpc) is 1.88. The van der Waals surface area contributed by atoms with Crippen molar-refractivity contribution in [2.75, 3.05) is 0 Å². The third kappa shape index (κ3) is 19.1. The predicted molar refractivity (Wildman–Crippen MR) is 41.0 cm³/mol. The third-order valence-corrected chi connectivity index (χ3v) is 1.07. The Morgan fingerprint density at radius 3 is 0.923 bits per heavy atom. The van der Waals surface area contributed by atoms with E-state index in [1.807, 2.05) is 0 Å². The summed E-state index contributed by atoms with van der Waals surface area (Å²) in [5.41, 5.74) is 0. The molecule has 80 valence electrons. The van der Waals surface area contributed by atoms with Crippen LogP contribution < -0.4 is 10.2 Å². The van der Waals surface area contributed by atoms with Gasteiger partial charge in [0.1, 0.15) is 9.67 Å². The first-order chi connectivity index (χ1) is 5.29. The van der Waals surface area contributed by atoms with Gasteiger partial charge in [0.15, 0.2) is 0 Å².